The molecule has 4 aromatic rings. The molecule has 2 aromatic heterocycles. The molecule has 0 fully saturated rings. The number of benzene rings is 2. The van der Waals surface area contributed by atoms with Crippen LogP contribution >= 0.6 is 23.4 Å². The van der Waals surface area contributed by atoms with Crippen molar-refractivity contribution in [2.45, 2.75) is 10.8 Å². The summed E-state index contributed by atoms with van der Waals surface area (Å²) in [5.41, 5.74) is 2.31. The minimum atomic E-state index is 0.811. The van der Waals surface area contributed by atoms with E-state index in [2.05, 4.69) is 45.9 Å². The highest BCUT2D eigenvalue weighted by molar-refractivity contribution is 7.98. The average Bonchev–Trinajstić information content (AvgIpc) is 3.00. The monoisotopic (exact) mass is 350 g/mol. The quantitative estimate of drug-likeness (QED) is 0.422. The first-order chi connectivity index (χ1) is 11.8. The molecule has 0 amide bonds. The zero-order chi connectivity index (χ0) is 16.4. The van der Waals surface area contributed by atoms with Crippen LogP contribution in [-0.4, -0.2) is 9.55 Å². The third kappa shape index (κ3) is 2.93. The number of para-hydroxylation sites is 1. The molecule has 0 aliphatic rings. The number of hydrogen-bond donors (Lipinski definition) is 0. The molecule has 0 radical (unpaired) electrons. The van der Waals surface area contributed by atoms with E-state index in [9.17, 15) is 0 Å². The largest absolute Gasteiger partial charge is 0.289 e. The number of thioether (sulfide) groups is 1. The molecule has 0 aliphatic heterocycles. The number of halogens is 1. The maximum absolute atomic E-state index is 6.29. The lowest BCUT2D eigenvalue weighted by atomic mass is 10.2. The number of aromatic nitrogens is 2. The first kappa shape index (κ1) is 15.3. The lowest BCUT2D eigenvalue weighted by molar-refractivity contribution is 0.942. The van der Waals surface area contributed by atoms with E-state index in [-0.39, 0.29) is 0 Å². The van der Waals surface area contributed by atoms with Gasteiger partial charge in [-0.15, -0.1) is 11.8 Å². The van der Waals surface area contributed by atoms with Crippen molar-refractivity contribution < 1.29 is 0 Å². The van der Waals surface area contributed by atoms with Gasteiger partial charge in [0.1, 0.15) is 5.82 Å². The van der Waals surface area contributed by atoms with E-state index >= 15 is 0 Å². The van der Waals surface area contributed by atoms with Gasteiger partial charge in [-0.3, -0.25) is 4.57 Å². The fraction of sp³-hybridized carbons (Fsp3) is 0.0500. The second-order valence-electron chi connectivity index (χ2n) is 5.44. The molecule has 2 nitrogen and oxygen atoms in total. The Bertz CT molecular complexity index is 979. The Hall–Kier alpha value is -2.23. The van der Waals surface area contributed by atoms with Crippen LogP contribution in [0.25, 0.3) is 16.7 Å². The van der Waals surface area contributed by atoms with E-state index in [0.717, 1.165) is 32.7 Å². The van der Waals surface area contributed by atoms with Gasteiger partial charge in [0.15, 0.2) is 0 Å². The highest BCUT2D eigenvalue weighted by atomic mass is 35.5. The fourth-order valence-corrected chi connectivity index (χ4v) is 4.09. The summed E-state index contributed by atoms with van der Waals surface area (Å²) in [7, 11) is 0. The van der Waals surface area contributed by atoms with Gasteiger partial charge >= 0.3 is 0 Å². The Morgan fingerprint density at radius 2 is 1.71 bits per heavy atom. The zero-order valence-corrected chi connectivity index (χ0v) is 14.5. The van der Waals surface area contributed by atoms with Crippen molar-refractivity contribution in [3.05, 3.63) is 89.6 Å². The number of fused-ring (bicyclic) bond motifs is 1. The number of hydrogen-bond acceptors (Lipinski definition) is 2. The van der Waals surface area contributed by atoms with Crippen LogP contribution < -0.4 is 0 Å². The lowest BCUT2D eigenvalue weighted by Gasteiger charge is -2.10. The first-order valence-electron chi connectivity index (χ1n) is 7.71. The normalized spacial score (nSPS) is 11.0. The predicted octanol–water partition coefficient (Wildman–Crippen LogP) is 5.97. The summed E-state index contributed by atoms with van der Waals surface area (Å²) in [6.45, 7) is 0. The van der Waals surface area contributed by atoms with Gasteiger partial charge in [-0.2, -0.15) is 0 Å². The smallest absolute Gasteiger partial charge is 0.137 e. The molecular formula is C20H15ClN2S. The fourth-order valence-electron chi connectivity index (χ4n) is 2.73. The molecule has 118 valence electrons. The van der Waals surface area contributed by atoms with Gasteiger partial charge < -0.3 is 0 Å². The maximum atomic E-state index is 6.29. The number of pyridine rings is 1. The van der Waals surface area contributed by atoms with Crippen LogP contribution in [0.2, 0.25) is 5.02 Å². The van der Waals surface area contributed by atoms with E-state index in [0.29, 0.717) is 0 Å². The Balaban J connectivity index is 1.76. The molecule has 0 N–H and O–H groups in total. The molecule has 4 rings (SSSR count). The molecule has 0 saturated carbocycles. The molecule has 2 aromatic carbocycles. The van der Waals surface area contributed by atoms with Crippen LogP contribution in [0, 0.1) is 0 Å². The van der Waals surface area contributed by atoms with E-state index in [1.165, 1.54) is 5.39 Å². The van der Waals surface area contributed by atoms with Crippen molar-refractivity contribution in [3.8, 4) is 5.82 Å². The van der Waals surface area contributed by atoms with Gasteiger partial charge in [0.2, 0.25) is 0 Å². The molecule has 0 atom stereocenters. The minimum Gasteiger partial charge on any atom is -0.289 e. The van der Waals surface area contributed by atoms with Gasteiger partial charge in [0.05, 0.1) is 10.5 Å². The Morgan fingerprint density at radius 1 is 0.917 bits per heavy atom. The third-order valence-electron chi connectivity index (χ3n) is 3.89. The van der Waals surface area contributed by atoms with Crippen molar-refractivity contribution in [2.75, 3.05) is 0 Å². The van der Waals surface area contributed by atoms with Crippen LogP contribution in [0.3, 0.4) is 0 Å². The van der Waals surface area contributed by atoms with Crippen molar-refractivity contribution >= 4 is 34.3 Å². The second kappa shape index (κ2) is 6.71. The number of rotatable bonds is 4. The van der Waals surface area contributed by atoms with Gasteiger partial charge in [-0.05, 0) is 35.9 Å². The summed E-state index contributed by atoms with van der Waals surface area (Å²) in [5.74, 6) is 1.75. The summed E-state index contributed by atoms with van der Waals surface area (Å²) in [6, 6.07) is 24.6. The second-order valence-corrected chi connectivity index (χ2v) is 6.85. The van der Waals surface area contributed by atoms with E-state index in [1.807, 2.05) is 42.6 Å². The first-order valence-corrected chi connectivity index (χ1v) is 9.07. The lowest BCUT2D eigenvalue weighted by Crippen LogP contribution is -1.98. The van der Waals surface area contributed by atoms with Crippen LogP contribution in [0.15, 0.2) is 84.0 Å². The summed E-state index contributed by atoms with van der Waals surface area (Å²) in [5, 5.41) is 3.19. The maximum Gasteiger partial charge on any atom is 0.137 e. The minimum absolute atomic E-state index is 0.811. The van der Waals surface area contributed by atoms with Gasteiger partial charge in [-0.25, -0.2) is 4.98 Å². The summed E-state index contributed by atoms with van der Waals surface area (Å²) in [6.07, 6.45) is 1.83. The van der Waals surface area contributed by atoms with Crippen molar-refractivity contribution in [1.29, 1.82) is 0 Å². The van der Waals surface area contributed by atoms with E-state index in [1.54, 1.807) is 11.8 Å². The molecule has 24 heavy (non-hydrogen) atoms. The standard InChI is InChI=1S/C20H15ClN2S/c21-17-9-3-1-8-16(17)14-24-20-13-15-7-2-4-10-18(15)23(20)19-11-5-6-12-22-19/h1-13H,14H2. The van der Waals surface area contributed by atoms with E-state index < -0.39 is 0 Å². The van der Waals surface area contributed by atoms with E-state index in [4.69, 9.17) is 11.6 Å². The predicted molar refractivity (Wildman–Crippen MR) is 102 cm³/mol. The molecular weight excluding hydrogens is 336 g/mol. The van der Waals surface area contributed by atoms with Crippen LogP contribution in [0.5, 0.6) is 0 Å². The van der Waals surface area contributed by atoms with Crippen LogP contribution in [-0.2, 0) is 5.75 Å². The van der Waals surface area contributed by atoms with Gasteiger partial charge in [0.25, 0.3) is 0 Å². The Morgan fingerprint density at radius 3 is 2.54 bits per heavy atom. The highest BCUT2D eigenvalue weighted by Crippen LogP contribution is 2.33. The van der Waals surface area contributed by atoms with Crippen LogP contribution in [0.1, 0.15) is 5.56 Å². The van der Waals surface area contributed by atoms with Crippen molar-refractivity contribution in [2.24, 2.45) is 0 Å². The average molecular weight is 351 g/mol. The van der Waals surface area contributed by atoms with Gasteiger partial charge in [-0.1, -0.05) is 54.1 Å². The van der Waals surface area contributed by atoms with Gasteiger partial charge in [0, 0.05) is 22.4 Å². The summed E-state index contributed by atoms with van der Waals surface area (Å²) in [4.78, 5) is 4.53. The third-order valence-corrected chi connectivity index (χ3v) is 5.31. The summed E-state index contributed by atoms with van der Waals surface area (Å²) >= 11 is 8.07. The molecule has 0 aliphatic carbocycles. The highest BCUT2D eigenvalue weighted by Gasteiger charge is 2.12. The summed E-state index contributed by atoms with van der Waals surface area (Å²) < 4.78 is 2.21. The molecule has 2 heterocycles. The zero-order valence-electron chi connectivity index (χ0n) is 12.9. The van der Waals surface area contributed by atoms with Crippen LogP contribution in [0.4, 0.5) is 0 Å². The van der Waals surface area contributed by atoms with Crippen molar-refractivity contribution in [1.82, 2.24) is 9.55 Å². The Labute approximate surface area is 150 Å². The molecule has 0 unspecified atom stereocenters. The molecule has 4 heteroatoms. The molecule has 0 saturated heterocycles. The topological polar surface area (TPSA) is 17.8 Å². The molecule has 0 bridgehead atoms. The SMILES string of the molecule is Clc1ccccc1CSc1cc2ccccc2n1-c1ccccn1. The Kier molecular flexibility index (Phi) is 4.28. The van der Waals surface area contributed by atoms with Crippen molar-refractivity contribution in [3.63, 3.8) is 0 Å². The number of nitrogens with zero attached hydrogens (tertiary/aromatic N) is 2. The molecule has 0 spiro atoms.